The van der Waals surface area contributed by atoms with E-state index in [1.165, 1.54) is 17.7 Å². The topological polar surface area (TPSA) is 52.0 Å². The lowest BCUT2D eigenvalue weighted by Gasteiger charge is -2.28. The lowest BCUT2D eigenvalue weighted by molar-refractivity contribution is 0.744. The number of aromatic nitrogens is 1. The SMILES string of the molecule is CC.CCC.CNc1cc(-c2cc3c(cc2C#N)N(C)CCC3)ccn1. The maximum absolute atomic E-state index is 9.49. The van der Waals surface area contributed by atoms with Gasteiger partial charge in [0.25, 0.3) is 0 Å². The molecular formula is C22H32N4. The van der Waals surface area contributed by atoms with Crippen LogP contribution >= 0.6 is 0 Å². The number of hydrogen-bond donors (Lipinski definition) is 1. The number of pyridine rings is 1. The van der Waals surface area contributed by atoms with Crippen LogP contribution in [0.1, 0.15) is 51.7 Å². The first-order valence-corrected chi connectivity index (χ1v) is 9.56. The maximum atomic E-state index is 9.49. The molecule has 0 bridgehead atoms. The number of nitrogens with one attached hydrogen (secondary N) is 1. The third-order valence-corrected chi connectivity index (χ3v) is 4.02. The van der Waals surface area contributed by atoms with Crippen LogP contribution in [0.25, 0.3) is 11.1 Å². The first-order valence-electron chi connectivity index (χ1n) is 9.56. The summed E-state index contributed by atoms with van der Waals surface area (Å²) in [5.74, 6) is 0.811. The van der Waals surface area contributed by atoms with E-state index < -0.39 is 0 Å². The summed E-state index contributed by atoms with van der Waals surface area (Å²) in [7, 11) is 3.93. The Morgan fingerprint density at radius 2 is 1.92 bits per heavy atom. The van der Waals surface area contributed by atoms with Gasteiger partial charge in [-0.25, -0.2) is 4.98 Å². The van der Waals surface area contributed by atoms with Gasteiger partial charge in [-0.15, -0.1) is 0 Å². The number of rotatable bonds is 2. The van der Waals surface area contributed by atoms with Gasteiger partial charge in [-0.2, -0.15) is 5.26 Å². The van der Waals surface area contributed by atoms with Gasteiger partial charge in [-0.1, -0.05) is 34.1 Å². The minimum Gasteiger partial charge on any atom is -0.374 e. The highest BCUT2D eigenvalue weighted by Gasteiger charge is 2.17. The van der Waals surface area contributed by atoms with Crippen LogP contribution in [0, 0.1) is 11.3 Å². The third-order valence-electron chi connectivity index (χ3n) is 4.02. The fraction of sp³-hybridized carbons (Fsp3) is 0.455. The van der Waals surface area contributed by atoms with Gasteiger partial charge in [0.2, 0.25) is 0 Å². The Hall–Kier alpha value is -2.54. The smallest absolute Gasteiger partial charge is 0.126 e. The van der Waals surface area contributed by atoms with Crippen LogP contribution in [0.15, 0.2) is 30.5 Å². The Bertz CT molecular complexity index is 731. The van der Waals surface area contributed by atoms with Gasteiger partial charge in [-0.3, -0.25) is 0 Å². The summed E-state index contributed by atoms with van der Waals surface area (Å²) in [6.07, 6.45) is 5.25. The highest BCUT2D eigenvalue weighted by molar-refractivity contribution is 5.77. The standard InChI is InChI=1S/C17H18N4.C3H8.C2H6/c1-19-17-10-12(5-6-20-17)15-8-13-4-3-7-21(2)16(13)9-14(15)11-18;1-3-2;1-2/h5-6,8-10H,3-4,7H2,1-2H3,(H,19,20);3H2,1-2H3;1-2H3. The molecule has 1 N–H and O–H groups in total. The molecule has 0 amide bonds. The van der Waals surface area contributed by atoms with Gasteiger partial charge in [0.15, 0.2) is 0 Å². The van der Waals surface area contributed by atoms with Crippen molar-refractivity contribution < 1.29 is 0 Å². The van der Waals surface area contributed by atoms with Crippen molar-refractivity contribution >= 4 is 11.5 Å². The fourth-order valence-electron chi connectivity index (χ4n) is 2.88. The molecule has 0 aliphatic carbocycles. The average molecular weight is 353 g/mol. The van der Waals surface area contributed by atoms with Gasteiger partial charge in [0.1, 0.15) is 5.82 Å². The Balaban J connectivity index is 0.000000615. The average Bonchev–Trinajstić information content (AvgIpc) is 2.69. The first-order chi connectivity index (χ1) is 12.6. The van der Waals surface area contributed by atoms with E-state index in [1.807, 2.05) is 39.1 Å². The Kier molecular flexibility index (Phi) is 9.22. The van der Waals surface area contributed by atoms with E-state index in [1.54, 1.807) is 6.20 Å². The number of anilines is 2. The predicted octanol–water partition coefficient (Wildman–Crippen LogP) is 5.49. The zero-order chi connectivity index (χ0) is 19.5. The number of hydrogen-bond acceptors (Lipinski definition) is 4. The Morgan fingerprint density at radius 1 is 1.23 bits per heavy atom. The zero-order valence-corrected chi connectivity index (χ0v) is 17.1. The molecule has 2 aromatic rings. The molecule has 0 saturated carbocycles. The van der Waals surface area contributed by atoms with Crippen molar-refractivity contribution in [2.24, 2.45) is 0 Å². The molecule has 0 unspecified atom stereocenters. The predicted molar refractivity (Wildman–Crippen MR) is 113 cm³/mol. The lowest BCUT2D eigenvalue weighted by atomic mass is 9.93. The van der Waals surface area contributed by atoms with Crippen LogP contribution in [0.3, 0.4) is 0 Å². The van der Waals surface area contributed by atoms with Crippen molar-refractivity contribution in [1.82, 2.24) is 4.98 Å². The molecule has 1 aromatic heterocycles. The lowest BCUT2D eigenvalue weighted by Crippen LogP contribution is -2.24. The van der Waals surface area contributed by atoms with Crippen LogP contribution in [0.4, 0.5) is 11.5 Å². The summed E-state index contributed by atoms with van der Waals surface area (Å²) in [4.78, 5) is 6.47. The Morgan fingerprint density at radius 3 is 2.54 bits per heavy atom. The highest BCUT2D eigenvalue weighted by Crippen LogP contribution is 2.34. The number of nitrogens with zero attached hydrogens (tertiary/aromatic N) is 3. The maximum Gasteiger partial charge on any atom is 0.126 e. The summed E-state index contributed by atoms with van der Waals surface area (Å²) in [6.45, 7) is 9.30. The van der Waals surface area contributed by atoms with Crippen LogP contribution in [0.5, 0.6) is 0 Å². The van der Waals surface area contributed by atoms with Gasteiger partial charge < -0.3 is 10.2 Å². The molecule has 0 saturated heterocycles. The van der Waals surface area contributed by atoms with E-state index in [4.69, 9.17) is 0 Å². The largest absolute Gasteiger partial charge is 0.374 e. The molecular weight excluding hydrogens is 320 g/mol. The molecule has 3 rings (SSSR count). The number of nitriles is 1. The molecule has 26 heavy (non-hydrogen) atoms. The summed E-state index contributed by atoms with van der Waals surface area (Å²) in [5.41, 5.74) is 5.24. The number of fused-ring (bicyclic) bond motifs is 1. The summed E-state index contributed by atoms with van der Waals surface area (Å²) < 4.78 is 0. The molecule has 0 atom stereocenters. The van der Waals surface area contributed by atoms with Gasteiger partial charge >= 0.3 is 0 Å². The molecule has 1 aliphatic heterocycles. The van der Waals surface area contributed by atoms with E-state index in [2.05, 4.69) is 48.2 Å². The zero-order valence-electron chi connectivity index (χ0n) is 17.1. The van der Waals surface area contributed by atoms with E-state index in [9.17, 15) is 5.26 Å². The van der Waals surface area contributed by atoms with E-state index in [0.717, 1.165) is 41.9 Å². The molecule has 2 heterocycles. The molecule has 4 heteroatoms. The molecule has 0 fully saturated rings. The molecule has 1 aliphatic rings. The van der Waals surface area contributed by atoms with E-state index in [-0.39, 0.29) is 0 Å². The number of aryl methyl sites for hydroxylation is 1. The normalized spacial score (nSPS) is 11.8. The second-order valence-corrected chi connectivity index (χ2v) is 6.05. The van der Waals surface area contributed by atoms with Crippen LogP contribution < -0.4 is 10.2 Å². The highest BCUT2D eigenvalue weighted by atomic mass is 15.1. The summed E-state index contributed by atoms with van der Waals surface area (Å²) >= 11 is 0. The molecule has 0 spiro atoms. The second kappa shape index (κ2) is 11.1. The third kappa shape index (κ3) is 5.23. The minimum absolute atomic E-state index is 0.718. The van der Waals surface area contributed by atoms with Crippen molar-refractivity contribution in [2.45, 2.75) is 47.0 Å². The quantitative estimate of drug-likeness (QED) is 0.777. The second-order valence-electron chi connectivity index (χ2n) is 6.05. The van der Waals surface area contributed by atoms with Gasteiger partial charge in [0, 0.05) is 38.1 Å². The number of benzene rings is 1. The van der Waals surface area contributed by atoms with Gasteiger partial charge in [-0.05, 0) is 48.2 Å². The van der Waals surface area contributed by atoms with Gasteiger partial charge in [0.05, 0.1) is 11.6 Å². The van der Waals surface area contributed by atoms with Crippen molar-refractivity contribution in [2.75, 3.05) is 30.9 Å². The minimum atomic E-state index is 0.718. The monoisotopic (exact) mass is 352 g/mol. The van der Waals surface area contributed by atoms with Crippen molar-refractivity contribution in [3.8, 4) is 17.2 Å². The molecule has 0 radical (unpaired) electrons. The van der Waals surface area contributed by atoms with Crippen molar-refractivity contribution in [3.05, 3.63) is 41.6 Å². The fourth-order valence-corrected chi connectivity index (χ4v) is 2.88. The first kappa shape index (κ1) is 21.5. The molecule has 140 valence electrons. The van der Waals surface area contributed by atoms with Crippen LogP contribution in [-0.2, 0) is 6.42 Å². The molecule has 4 nitrogen and oxygen atoms in total. The Labute approximate surface area is 158 Å². The summed E-state index contributed by atoms with van der Waals surface area (Å²) in [5, 5.41) is 12.5. The van der Waals surface area contributed by atoms with Crippen LogP contribution in [0.2, 0.25) is 0 Å². The summed E-state index contributed by atoms with van der Waals surface area (Å²) in [6, 6.07) is 10.5. The van der Waals surface area contributed by atoms with Crippen molar-refractivity contribution in [1.29, 1.82) is 5.26 Å². The van der Waals surface area contributed by atoms with Crippen LogP contribution in [-0.4, -0.2) is 25.6 Å². The van der Waals surface area contributed by atoms with Crippen molar-refractivity contribution in [3.63, 3.8) is 0 Å². The van der Waals surface area contributed by atoms with E-state index >= 15 is 0 Å². The molecule has 1 aromatic carbocycles. The van der Waals surface area contributed by atoms with E-state index in [0.29, 0.717) is 0 Å².